The van der Waals surface area contributed by atoms with Gasteiger partial charge < -0.3 is 15.0 Å². The highest BCUT2D eigenvalue weighted by atomic mass is 35.5. The van der Waals surface area contributed by atoms with E-state index in [2.05, 4.69) is 5.32 Å². The van der Waals surface area contributed by atoms with Crippen LogP contribution in [-0.4, -0.2) is 51.4 Å². The summed E-state index contributed by atoms with van der Waals surface area (Å²) in [6.07, 6.45) is 1.69. The highest BCUT2D eigenvalue weighted by molar-refractivity contribution is 7.92. The molecule has 41 heavy (non-hydrogen) atoms. The van der Waals surface area contributed by atoms with Crippen molar-refractivity contribution in [2.45, 2.75) is 51.1 Å². The summed E-state index contributed by atoms with van der Waals surface area (Å²) >= 11 is 12.7. The number of sulfonamides is 1. The highest BCUT2D eigenvalue weighted by Gasteiger charge is 2.33. The summed E-state index contributed by atoms with van der Waals surface area (Å²) < 4.78 is 34.0. The van der Waals surface area contributed by atoms with E-state index in [1.54, 1.807) is 50.4 Å². The Bertz CT molecular complexity index is 1450. The molecular formula is C30H35Cl2N3O5S. The molecule has 0 unspecified atom stereocenters. The lowest BCUT2D eigenvalue weighted by Crippen LogP contribution is -2.51. The molecule has 0 saturated carbocycles. The Kier molecular flexibility index (Phi) is 11.5. The Morgan fingerprint density at radius 3 is 2.27 bits per heavy atom. The van der Waals surface area contributed by atoms with Gasteiger partial charge in [-0.1, -0.05) is 66.4 Å². The second kappa shape index (κ2) is 14.6. The van der Waals surface area contributed by atoms with Crippen LogP contribution in [0, 0.1) is 6.92 Å². The molecule has 0 spiro atoms. The number of carbonyl (C=O) groups excluding carboxylic acids is 2. The predicted molar refractivity (Wildman–Crippen MR) is 163 cm³/mol. The van der Waals surface area contributed by atoms with Gasteiger partial charge in [0, 0.05) is 18.1 Å². The molecule has 0 aliphatic carbocycles. The van der Waals surface area contributed by atoms with E-state index >= 15 is 0 Å². The lowest BCUT2D eigenvalue weighted by molar-refractivity contribution is -0.139. The third kappa shape index (κ3) is 8.38. The number of methoxy groups -OCH3 is 1. The number of benzene rings is 3. The van der Waals surface area contributed by atoms with E-state index in [0.29, 0.717) is 12.3 Å². The van der Waals surface area contributed by atoms with Gasteiger partial charge in [0.25, 0.3) is 10.0 Å². The zero-order valence-corrected chi connectivity index (χ0v) is 25.9. The van der Waals surface area contributed by atoms with Gasteiger partial charge in [0.1, 0.15) is 18.3 Å². The van der Waals surface area contributed by atoms with E-state index < -0.39 is 28.5 Å². The van der Waals surface area contributed by atoms with Gasteiger partial charge in [0.15, 0.2) is 0 Å². The van der Waals surface area contributed by atoms with Gasteiger partial charge in [-0.15, -0.1) is 0 Å². The summed E-state index contributed by atoms with van der Waals surface area (Å²) in [4.78, 5) is 28.4. The SMILES string of the molecule is CCCCNC(=O)[C@H](C)N(Cc1ccc(OC)cc1)C(=O)CN(c1cc(Cl)ccc1Cl)S(=O)(=O)c1ccc(C)cc1. The topological polar surface area (TPSA) is 96.0 Å². The third-order valence-electron chi connectivity index (χ3n) is 6.57. The molecule has 3 rings (SSSR count). The Balaban J connectivity index is 2.03. The van der Waals surface area contributed by atoms with Crippen LogP contribution in [0.1, 0.15) is 37.8 Å². The van der Waals surface area contributed by atoms with Gasteiger partial charge in [-0.3, -0.25) is 13.9 Å². The second-order valence-corrected chi connectivity index (χ2v) is 12.3. The van der Waals surface area contributed by atoms with Gasteiger partial charge in [0.2, 0.25) is 11.8 Å². The van der Waals surface area contributed by atoms with E-state index in [-0.39, 0.29) is 33.1 Å². The summed E-state index contributed by atoms with van der Waals surface area (Å²) in [5.74, 6) is -0.289. The number of hydrogen-bond acceptors (Lipinski definition) is 5. The zero-order chi connectivity index (χ0) is 30.2. The van der Waals surface area contributed by atoms with Crippen LogP contribution in [0.5, 0.6) is 5.75 Å². The largest absolute Gasteiger partial charge is 0.497 e. The summed E-state index contributed by atoms with van der Waals surface area (Å²) in [6, 6.07) is 16.9. The summed E-state index contributed by atoms with van der Waals surface area (Å²) in [5, 5.41) is 3.21. The summed E-state index contributed by atoms with van der Waals surface area (Å²) in [5.41, 5.74) is 1.67. The van der Waals surface area contributed by atoms with Crippen LogP contribution >= 0.6 is 23.2 Å². The first-order chi connectivity index (χ1) is 19.5. The van der Waals surface area contributed by atoms with Crippen molar-refractivity contribution < 1.29 is 22.7 Å². The van der Waals surface area contributed by atoms with Gasteiger partial charge >= 0.3 is 0 Å². The number of halogens is 2. The third-order valence-corrected chi connectivity index (χ3v) is 8.90. The molecule has 1 N–H and O–H groups in total. The number of rotatable bonds is 13. The van der Waals surface area contributed by atoms with Crippen LogP contribution < -0.4 is 14.4 Å². The van der Waals surface area contributed by atoms with E-state index in [1.807, 2.05) is 13.8 Å². The van der Waals surface area contributed by atoms with Crippen LogP contribution in [0.15, 0.2) is 71.6 Å². The molecule has 0 bridgehead atoms. The molecule has 0 aromatic heterocycles. The highest BCUT2D eigenvalue weighted by Crippen LogP contribution is 2.33. The van der Waals surface area contributed by atoms with Crippen LogP contribution in [0.2, 0.25) is 10.0 Å². The van der Waals surface area contributed by atoms with Crippen molar-refractivity contribution in [1.29, 1.82) is 0 Å². The Morgan fingerprint density at radius 2 is 1.66 bits per heavy atom. The first-order valence-electron chi connectivity index (χ1n) is 13.2. The van der Waals surface area contributed by atoms with Gasteiger partial charge in [-0.2, -0.15) is 0 Å². The molecule has 11 heteroatoms. The van der Waals surface area contributed by atoms with Crippen LogP contribution in [0.4, 0.5) is 5.69 Å². The fraction of sp³-hybridized carbons (Fsp3) is 0.333. The summed E-state index contributed by atoms with van der Waals surface area (Å²) in [6.45, 7) is 5.39. The average molecular weight is 621 g/mol. The molecule has 0 aliphatic heterocycles. The van der Waals surface area contributed by atoms with Crippen molar-refractivity contribution in [2.24, 2.45) is 0 Å². The number of nitrogens with one attached hydrogen (secondary N) is 1. The maximum absolute atomic E-state index is 14.0. The number of aryl methyl sites for hydroxylation is 1. The number of carbonyl (C=O) groups is 2. The van der Waals surface area contributed by atoms with E-state index in [1.165, 1.54) is 35.2 Å². The summed E-state index contributed by atoms with van der Waals surface area (Å²) in [7, 11) is -2.71. The normalized spacial score (nSPS) is 12.0. The molecule has 0 radical (unpaired) electrons. The molecule has 3 aromatic carbocycles. The van der Waals surface area contributed by atoms with Gasteiger partial charge in [-0.25, -0.2) is 8.42 Å². The second-order valence-electron chi connectivity index (χ2n) is 9.61. The fourth-order valence-corrected chi connectivity index (χ4v) is 5.93. The zero-order valence-electron chi connectivity index (χ0n) is 23.6. The Labute approximate surface area is 252 Å². The molecule has 220 valence electrons. The molecule has 3 aromatic rings. The molecule has 0 aliphatic rings. The number of anilines is 1. The minimum atomic E-state index is -4.26. The number of nitrogens with zero attached hydrogens (tertiary/aromatic N) is 2. The Morgan fingerprint density at radius 1 is 1.00 bits per heavy atom. The van der Waals surface area contributed by atoms with Crippen LogP contribution in [-0.2, 0) is 26.2 Å². The van der Waals surface area contributed by atoms with Crippen molar-refractivity contribution in [2.75, 3.05) is 24.5 Å². The number of amides is 2. The number of ether oxygens (including phenoxy) is 1. The number of unbranched alkanes of at least 4 members (excludes halogenated alkanes) is 1. The molecule has 2 amide bonds. The maximum atomic E-state index is 14.0. The molecule has 0 heterocycles. The maximum Gasteiger partial charge on any atom is 0.264 e. The van der Waals surface area contributed by atoms with Crippen molar-refractivity contribution >= 4 is 50.7 Å². The molecule has 8 nitrogen and oxygen atoms in total. The lowest BCUT2D eigenvalue weighted by atomic mass is 10.1. The smallest absolute Gasteiger partial charge is 0.264 e. The van der Waals surface area contributed by atoms with Crippen molar-refractivity contribution in [1.82, 2.24) is 10.2 Å². The molecule has 1 atom stereocenters. The minimum Gasteiger partial charge on any atom is -0.497 e. The predicted octanol–water partition coefficient (Wildman–Crippen LogP) is 5.84. The van der Waals surface area contributed by atoms with Crippen molar-refractivity contribution in [3.05, 3.63) is 87.9 Å². The van der Waals surface area contributed by atoms with Gasteiger partial charge in [-0.05, 0) is 68.3 Å². The monoisotopic (exact) mass is 619 g/mol. The van der Waals surface area contributed by atoms with E-state index in [0.717, 1.165) is 28.3 Å². The fourth-order valence-electron chi connectivity index (χ4n) is 4.07. The van der Waals surface area contributed by atoms with Gasteiger partial charge in [0.05, 0.1) is 22.7 Å². The minimum absolute atomic E-state index is 0.0148. The van der Waals surface area contributed by atoms with E-state index in [4.69, 9.17) is 27.9 Å². The first-order valence-corrected chi connectivity index (χ1v) is 15.4. The van der Waals surface area contributed by atoms with Crippen LogP contribution in [0.25, 0.3) is 0 Å². The standard InChI is InChI=1S/C30H35Cl2N3O5S/c1-5-6-17-33-30(37)22(3)34(19-23-9-12-25(40-4)13-10-23)29(36)20-35(28-18-24(31)11-16-27(28)32)41(38,39)26-14-7-21(2)8-15-26/h7-16,18,22H,5-6,17,19-20H2,1-4H3,(H,33,37)/t22-/m0/s1. The Hall–Kier alpha value is -3.27. The molecule has 0 saturated heterocycles. The molecule has 0 fully saturated rings. The van der Waals surface area contributed by atoms with Crippen LogP contribution in [0.3, 0.4) is 0 Å². The van der Waals surface area contributed by atoms with E-state index in [9.17, 15) is 18.0 Å². The first kappa shape index (κ1) is 32.2. The van der Waals surface area contributed by atoms with Crippen molar-refractivity contribution in [3.8, 4) is 5.75 Å². The quantitative estimate of drug-likeness (QED) is 0.243. The average Bonchev–Trinajstić information content (AvgIpc) is 2.96. The lowest BCUT2D eigenvalue weighted by Gasteiger charge is -2.32. The number of hydrogen-bond donors (Lipinski definition) is 1. The van der Waals surface area contributed by atoms with Crippen molar-refractivity contribution in [3.63, 3.8) is 0 Å². The molecular weight excluding hydrogens is 585 g/mol.